The van der Waals surface area contributed by atoms with Gasteiger partial charge in [-0.05, 0) is 42.0 Å². The maximum absolute atomic E-state index is 4.99. The molecule has 0 saturated heterocycles. The molecule has 0 saturated carbocycles. The Balaban J connectivity index is 1.34. The number of para-hydroxylation sites is 3. The van der Waals surface area contributed by atoms with E-state index < -0.39 is 0 Å². The highest BCUT2D eigenvalue weighted by molar-refractivity contribution is 5.98. The van der Waals surface area contributed by atoms with Gasteiger partial charge in [0.2, 0.25) is 0 Å². The van der Waals surface area contributed by atoms with Crippen LogP contribution >= 0.6 is 0 Å². The Morgan fingerprint density at radius 2 is 1.29 bits per heavy atom. The third kappa shape index (κ3) is 3.07. The Morgan fingerprint density at radius 3 is 2.16 bits per heavy atom. The van der Waals surface area contributed by atoms with Gasteiger partial charge in [-0.25, -0.2) is 19.9 Å². The molecule has 0 atom stereocenters. The van der Waals surface area contributed by atoms with Crippen LogP contribution in [0.1, 0.15) is 0 Å². The lowest BCUT2D eigenvalue weighted by Crippen LogP contribution is -2.01. The van der Waals surface area contributed by atoms with Gasteiger partial charge < -0.3 is 4.40 Å². The second kappa shape index (κ2) is 8.08. The first-order chi connectivity index (χ1) is 18.8. The van der Waals surface area contributed by atoms with E-state index in [9.17, 15) is 0 Å². The number of hydrogen-bond acceptors (Lipinski definition) is 4. The van der Waals surface area contributed by atoms with E-state index in [1.807, 2.05) is 60.9 Å². The van der Waals surface area contributed by atoms with Crippen molar-refractivity contribution in [2.75, 3.05) is 0 Å². The lowest BCUT2D eigenvalue weighted by Gasteiger charge is -2.09. The van der Waals surface area contributed by atoms with Crippen molar-refractivity contribution < 1.29 is 0 Å². The van der Waals surface area contributed by atoms with Crippen molar-refractivity contribution in [2.24, 2.45) is 0 Å². The van der Waals surface area contributed by atoms with Crippen LogP contribution in [0, 0.1) is 0 Å². The predicted octanol–water partition coefficient (Wildman–Crippen LogP) is 7.08. The molecule has 0 amide bonds. The van der Waals surface area contributed by atoms with Gasteiger partial charge in [0.15, 0.2) is 11.6 Å². The Morgan fingerprint density at radius 1 is 0.579 bits per heavy atom. The number of benzene rings is 3. The summed E-state index contributed by atoms with van der Waals surface area (Å²) in [6, 6.07) is 32.9. The minimum atomic E-state index is 0.553. The van der Waals surface area contributed by atoms with E-state index in [0.717, 1.165) is 55.4 Å². The smallest absolute Gasteiger partial charge is 0.196 e. The van der Waals surface area contributed by atoms with Gasteiger partial charge in [0.05, 0.1) is 22.1 Å². The summed E-state index contributed by atoms with van der Waals surface area (Å²) in [5.74, 6) is 1.22. The van der Waals surface area contributed by atoms with Crippen molar-refractivity contribution in [1.29, 1.82) is 0 Å². The summed E-state index contributed by atoms with van der Waals surface area (Å²) >= 11 is 0. The van der Waals surface area contributed by atoms with E-state index in [4.69, 9.17) is 19.9 Å². The highest BCUT2D eigenvalue weighted by atomic mass is 15.1. The molecule has 0 radical (unpaired) electrons. The van der Waals surface area contributed by atoms with E-state index in [1.54, 1.807) is 0 Å². The summed E-state index contributed by atoms with van der Waals surface area (Å²) in [4.78, 5) is 19.6. The first-order valence-electron chi connectivity index (χ1n) is 12.5. The Hall–Kier alpha value is -5.36. The topological polar surface area (TPSA) is 60.4 Å². The molecule has 8 aromatic rings. The number of pyridine rings is 1. The number of rotatable bonds is 3. The average molecular weight is 489 g/mol. The number of hydrogen-bond donors (Lipinski definition) is 0. The van der Waals surface area contributed by atoms with Crippen LogP contribution in [0.4, 0.5) is 0 Å². The van der Waals surface area contributed by atoms with Crippen LogP contribution in [0.3, 0.4) is 0 Å². The van der Waals surface area contributed by atoms with Crippen LogP contribution in [0.2, 0.25) is 0 Å². The molecule has 6 nitrogen and oxygen atoms in total. The third-order valence-corrected chi connectivity index (χ3v) is 7.05. The largest absolute Gasteiger partial charge is 0.323 e. The molecule has 38 heavy (non-hydrogen) atoms. The fraction of sp³-hybridized carbons (Fsp3) is 0. The predicted molar refractivity (Wildman–Crippen MR) is 151 cm³/mol. The van der Waals surface area contributed by atoms with Gasteiger partial charge in [-0.1, -0.05) is 60.7 Å². The van der Waals surface area contributed by atoms with Gasteiger partial charge in [-0.15, -0.1) is 0 Å². The molecule has 0 N–H and O–H groups in total. The minimum absolute atomic E-state index is 0.553. The number of nitrogens with zero attached hydrogens (tertiary/aromatic N) is 6. The normalized spacial score (nSPS) is 11.7. The zero-order chi connectivity index (χ0) is 25.1. The SMILES string of the molecule is c1ccc(-c2c(-c3cnc(-c4nc5ccccc5c5nc6ccccc6n45)nc3)cn3ccccc23)cc1. The van der Waals surface area contributed by atoms with Crippen LogP contribution in [0.5, 0.6) is 0 Å². The number of imidazole rings is 1. The molecular weight excluding hydrogens is 468 g/mol. The van der Waals surface area contributed by atoms with Gasteiger partial charge in [0, 0.05) is 46.9 Å². The standard InChI is InChI=1S/C32H20N6/c1-2-10-21(11-3-1)29-24(20-37-17-9-8-16-28(29)37)22-18-33-30(34-19-22)32-35-25-13-5-4-12-23(25)31-36-26-14-6-7-15-27(26)38(31)32/h1-20H. The lowest BCUT2D eigenvalue weighted by atomic mass is 9.99. The molecule has 178 valence electrons. The maximum Gasteiger partial charge on any atom is 0.196 e. The maximum atomic E-state index is 4.99. The summed E-state index contributed by atoms with van der Waals surface area (Å²) < 4.78 is 4.21. The van der Waals surface area contributed by atoms with Crippen LogP contribution in [0.25, 0.3) is 67.0 Å². The number of fused-ring (bicyclic) bond motifs is 6. The second-order valence-electron chi connectivity index (χ2n) is 9.28. The van der Waals surface area contributed by atoms with E-state index >= 15 is 0 Å². The molecule has 0 aliphatic heterocycles. The van der Waals surface area contributed by atoms with Crippen molar-refractivity contribution in [2.45, 2.75) is 0 Å². The van der Waals surface area contributed by atoms with Crippen molar-refractivity contribution in [1.82, 2.24) is 28.7 Å². The molecule has 3 aromatic carbocycles. The molecule has 8 rings (SSSR count). The average Bonchev–Trinajstić information content (AvgIpc) is 3.57. The molecule has 0 bridgehead atoms. The van der Waals surface area contributed by atoms with Crippen LogP contribution in [-0.2, 0) is 0 Å². The molecule has 0 spiro atoms. The monoisotopic (exact) mass is 488 g/mol. The second-order valence-corrected chi connectivity index (χ2v) is 9.28. The molecule has 0 fully saturated rings. The fourth-order valence-corrected chi connectivity index (χ4v) is 5.33. The molecule has 5 aromatic heterocycles. The molecule has 6 heteroatoms. The van der Waals surface area contributed by atoms with E-state index in [2.05, 4.69) is 69.7 Å². The molecule has 0 aliphatic carbocycles. The van der Waals surface area contributed by atoms with Crippen LogP contribution in [-0.4, -0.2) is 28.7 Å². The third-order valence-electron chi connectivity index (χ3n) is 7.05. The zero-order valence-electron chi connectivity index (χ0n) is 20.2. The minimum Gasteiger partial charge on any atom is -0.323 e. The highest BCUT2D eigenvalue weighted by Crippen LogP contribution is 2.37. The van der Waals surface area contributed by atoms with Gasteiger partial charge in [-0.2, -0.15) is 0 Å². The molecular formula is C32H20N6. The fourth-order valence-electron chi connectivity index (χ4n) is 5.33. The van der Waals surface area contributed by atoms with Gasteiger partial charge in [-0.3, -0.25) is 4.40 Å². The van der Waals surface area contributed by atoms with Crippen LogP contribution in [0.15, 0.2) is 122 Å². The highest BCUT2D eigenvalue weighted by Gasteiger charge is 2.18. The van der Waals surface area contributed by atoms with E-state index in [1.165, 1.54) is 0 Å². The number of aromatic nitrogens is 6. The summed E-state index contributed by atoms with van der Waals surface area (Å²) in [6.07, 6.45) is 8.00. The van der Waals surface area contributed by atoms with Crippen LogP contribution < -0.4 is 0 Å². The molecule has 0 aliphatic rings. The first-order valence-corrected chi connectivity index (χ1v) is 12.5. The Labute approximate surface area is 217 Å². The summed E-state index contributed by atoms with van der Waals surface area (Å²) in [5.41, 5.74) is 9.10. The lowest BCUT2D eigenvalue weighted by molar-refractivity contribution is 1.07. The van der Waals surface area contributed by atoms with Crippen molar-refractivity contribution in [3.8, 4) is 33.9 Å². The first kappa shape index (κ1) is 20.8. The summed E-state index contributed by atoms with van der Waals surface area (Å²) in [7, 11) is 0. The van der Waals surface area contributed by atoms with Gasteiger partial charge in [0.25, 0.3) is 0 Å². The summed E-state index contributed by atoms with van der Waals surface area (Å²) in [5, 5.41) is 0.997. The van der Waals surface area contributed by atoms with Gasteiger partial charge in [0.1, 0.15) is 5.65 Å². The molecule has 5 heterocycles. The zero-order valence-corrected chi connectivity index (χ0v) is 20.2. The Bertz CT molecular complexity index is 2120. The van der Waals surface area contributed by atoms with E-state index in [0.29, 0.717) is 11.6 Å². The van der Waals surface area contributed by atoms with Crippen molar-refractivity contribution >= 4 is 33.1 Å². The van der Waals surface area contributed by atoms with E-state index in [-0.39, 0.29) is 0 Å². The summed E-state index contributed by atoms with van der Waals surface area (Å²) in [6.45, 7) is 0. The Kier molecular flexibility index (Phi) is 4.42. The van der Waals surface area contributed by atoms with Crippen molar-refractivity contribution in [3.63, 3.8) is 0 Å². The van der Waals surface area contributed by atoms with Crippen molar-refractivity contribution in [3.05, 3.63) is 122 Å². The van der Waals surface area contributed by atoms with Gasteiger partial charge >= 0.3 is 0 Å². The molecule has 0 unspecified atom stereocenters. The quantitative estimate of drug-likeness (QED) is 0.267.